The summed E-state index contributed by atoms with van der Waals surface area (Å²) in [7, 11) is 0. The highest BCUT2D eigenvalue weighted by atomic mass is 16.3. The first kappa shape index (κ1) is 24.3. The largest absolute Gasteiger partial charge is 0.396 e. The second-order valence-corrected chi connectivity index (χ2v) is 14.8. The van der Waals surface area contributed by atoms with E-state index in [0.29, 0.717) is 11.8 Å². The van der Waals surface area contributed by atoms with Crippen molar-refractivity contribution in [3.63, 3.8) is 0 Å². The van der Waals surface area contributed by atoms with Crippen LogP contribution in [0, 0.1) is 50.7 Å². The lowest BCUT2D eigenvalue weighted by Gasteiger charge is -2.72. The summed E-state index contributed by atoms with van der Waals surface area (Å²) in [4.78, 5) is 0. The van der Waals surface area contributed by atoms with Gasteiger partial charge in [0.25, 0.3) is 0 Å². The van der Waals surface area contributed by atoms with Crippen molar-refractivity contribution in [2.75, 3.05) is 6.61 Å². The van der Waals surface area contributed by atoms with Gasteiger partial charge in [0.05, 0.1) is 11.7 Å². The van der Waals surface area contributed by atoms with Gasteiger partial charge in [-0.2, -0.15) is 0 Å². The van der Waals surface area contributed by atoms with Crippen LogP contribution in [0.2, 0.25) is 0 Å². The Labute approximate surface area is 202 Å². The highest BCUT2D eigenvalue weighted by Crippen LogP contribution is 2.75. The van der Waals surface area contributed by atoms with Crippen molar-refractivity contribution in [3.05, 3.63) is 11.6 Å². The Balaban J connectivity index is 1.62. The van der Waals surface area contributed by atoms with Crippen LogP contribution in [0.25, 0.3) is 0 Å². The van der Waals surface area contributed by atoms with Gasteiger partial charge in [-0.25, -0.2) is 0 Å². The van der Waals surface area contributed by atoms with Gasteiger partial charge in [0.2, 0.25) is 0 Å². The van der Waals surface area contributed by atoms with Crippen LogP contribution in [0.3, 0.4) is 0 Å². The third-order valence-corrected chi connectivity index (χ3v) is 13.5. The van der Waals surface area contributed by atoms with Gasteiger partial charge >= 0.3 is 0 Å². The molecule has 3 N–H and O–H groups in total. The Morgan fingerprint density at radius 2 is 1.58 bits per heavy atom. The van der Waals surface area contributed by atoms with Crippen molar-refractivity contribution >= 4 is 0 Å². The molecular weight excluding hydrogens is 408 g/mol. The van der Waals surface area contributed by atoms with Gasteiger partial charge in [-0.1, -0.05) is 53.2 Å². The second-order valence-electron chi connectivity index (χ2n) is 14.8. The van der Waals surface area contributed by atoms with E-state index >= 15 is 0 Å². The molecule has 3 nitrogen and oxygen atoms in total. The molecule has 0 amide bonds. The Morgan fingerprint density at radius 1 is 0.879 bits per heavy atom. The summed E-state index contributed by atoms with van der Waals surface area (Å²) in [6, 6.07) is 0. The maximum Gasteiger partial charge on any atom is 0.0716 e. The molecule has 5 aliphatic carbocycles. The monoisotopic (exact) mass is 458 g/mol. The lowest BCUT2D eigenvalue weighted by atomic mass is 9.33. The Kier molecular flexibility index (Phi) is 5.23. The number of hydrogen-bond donors (Lipinski definition) is 3. The van der Waals surface area contributed by atoms with Crippen molar-refractivity contribution in [1.29, 1.82) is 0 Å². The molecule has 0 spiro atoms. The third-order valence-electron chi connectivity index (χ3n) is 13.5. The molecule has 33 heavy (non-hydrogen) atoms. The lowest BCUT2D eigenvalue weighted by Crippen LogP contribution is -2.67. The number of hydrogen-bond acceptors (Lipinski definition) is 3. The molecule has 0 aromatic rings. The maximum absolute atomic E-state index is 11.9. The van der Waals surface area contributed by atoms with E-state index in [2.05, 4.69) is 54.5 Å². The molecule has 188 valence electrons. The molecule has 0 aromatic carbocycles. The van der Waals surface area contributed by atoms with Gasteiger partial charge < -0.3 is 15.3 Å². The smallest absolute Gasteiger partial charge is 0.0716 e. The van der Waals surface area contributed by atoms with Crippen molar-refractivity contribution in [2.24, 2.45) is 50.7 Å². The molecule has 3 heteroatoms. The van der Waals surface area contributed by atoms with Gasteiger partial charge in [0, 0.05) is 17.9 Å². The molecule has 0 aromatic heterocycles. The Hall–Kier alpha value is -0.380. The van der Waals surface area contributed by atoms with Gasteiger partial charge in [0.15, 0.2) is 0 Å². The molecule has 0 radical (unpaired) electrons. The average Bonchev–Trinajstić information content (AvgIpc) is 2.74. The summed E-state index contributed by atoms with van der Waals surface area (Å²) in [6.07, 6.45) is 12.1. The molecular formula is C30H50O3. The fraction of sp³-hybridized carbons (Fsp3) is 0.933. The zero-order valence-electron chi connectivity index (χ0n) is 22.4. The first-order valence-corrected chi connectivity index (χ1v) is 13.9. The van der Waals surface area contributed by atoms with Crippen LogP contribution in [-0.4, -0.2) is 33.6 Å². The summed E-state index contributed by atoms with van der Waals surface area (Å²) in [5.41, 5.74) is 1.02. The van der Waals surface area contributed by atoms with Crippen LogP contribution in [0.4, 0.5) is 0 Å². The lowest BCUT2D eigenvalue weighted by molar-refractivity contribution is -0.216. The summed E-state index contributed by atoms with van der Waals surface area (Å²) in [5, 5.41) is 33.5. The fourth-order valence-electron chi connectivity index (χ4n) is 10.9. The molecule has 0 aliphatic heterocycles. The van der Waals surface area contributed by atoms with Gasteiger partial charge in [-0.05, 0) is 104 Å². The van der Waals surface area contributed by atoms with E-state index in [0.717, 1.165) is 44.9 Å². The van der Waals surface area contributed by atoms with Crippen LogP contribution >= 0.6 is 0 Å². The standard InChI is InChI=1S/C30H50O3/c1-19-10-15-30(18-31)17-16-27(5)20(24(30)29(19,7)33)8-9-22-26(4)13-12-23(32)25(2,3)21(26)11-14-28(22,27)6/h8,19,21-24,31-33H,9-18H2,1-7H3. The molecule has 5 aliphatic rings. The minimum atomic E-state index is -0.768. The van der Waals surface area contributed by atoms with Crippen LogP contribution in [-0.2, 0) is 0 Å². The summed E-state index contributed by atoms with van der Waals surface area (Å²) in [6.45, 7) is 16.7. The van der Waals surface area contributed by atoms with E-state index in [1.54, 1.807) is 0 Å². The number of aliphatic hydroxyl groups is 3. The maximum atomic E-state index is 11.9. The van der Waals surface area contributed by atoms with E-state index in [-0.39, 0.29) is 51.6 Å². The predicted octanol–water partition coefficient (Wildman–Crippen LogP) is 6.11. The van der Waals surface area contributed by atoms with E-state index < -0.39 is 5.60 Å². The molecule has 10 atom stereocenters. The summed E-state index contributed by atoms with van der Waals surface area (Å²) in [5.74, 6) is 1.48. The number of rotatable bonds is 1. The van der Waals surface area contributed by atoms with Gasteiger partial charge in [-0.3, -0.25) is 0 Å². The van der Waals surface area contributed by atoms with E-state index in [1.165, 1.54) is 18.4 Å². The molecule has 4 fully saturated rings. The molecule has 10 unspecified atom stereocenters. The van der Waals surface area contributed by atoms with Crippen LogP contribution in [0.1, 0.15) is 106 Å². The molecule has 0 bridgehead atoms. The van der Waals surface area contributed by atoms with Crippen molar-refractivity contribution < 1.29 is 15.3 Å². The van der Waals surface area contributed by atoms with Gasteiger partial charge in [-0.15, -0.1) is 0 Å². The Morgan fingerprint density at radius 3 is 2.24 bits per heavy atom. The van der Waals surface area contributed by atoms with E-state index in [1.807, 2.05) is 0 Å². The van der Waals surface area contributed by atoms with Crippen LogP contribution in [0.15, 0.2) is 11.6 Å². The van der Waals surface area contributed by atoms with Crippen molar-refractivity contribution in [2.45, 2.75) is 118 Å². The van der Waals surface area contributed by atoms with Crippen LogP contribution in [0.5, 0.6) is 0 Å². The first-order valence-electron chi connectivity index (χ1n) is 13.9. The molecule has 0 saturated heterocycles. The number of allylic oxidation sites excluding steroid dienone is 1. The zero-order valence-corrected chi connectivity index (χ0v) is 22.4. The third kappa shape index (κ3) is 2.80. The van der Waals surface area contributed by atoms with Crippen LogP contribution < -0.4 is 0 Å². The van der Waals surface area contributed by atoms with E-state index in [9.17, 15) is 15.3 Å². The van der Waals surface area contributed by atoms with Crippen molar-refractivity contribution in [1.82, 2.24) is 0 Å². The fourth-order valence-corrected chi connectivity index (χ4v) is 10.9. The highest BCUT2D eigenvalue weighted by Gasteiger charge is 2.69. The highest BCUT2D eigenvalue weighted by molar-refractivity contribution is 5.35. The minimum Gasteiger partial charge on any atom is -0.396 e. The summed E-state index contributed by atoms with van der Waals surface area (Å²) < 4.78 is 0. The van der Waals surface area contributed by atoms with Gasteiger partial charge in [0.1, 0.15) is 0 Å². The topological polar surface area (TPSA) is 60.7 Å². The van der Waals surface area contributed by atoms with Crippen molar-refractivity contribution in [3.8, 4) is 0 Å². The first-order chi connectivity index (χ1) is 15.2. The minimum absolute atomic E-state index is 0.0275. The second kappa shape index (κ2) is 7.10. The summed E-state index contributed by atoms with van der Waals surface area (Å²) >= 11 is 0. The Bertz CT molecular complexity index is 843. The normalized spacial score (nSPS) is 57.8. The molecule has 4 saturated carbocycles. The zero-order chi connectivity index (χ0) is 24.2. The van der Waals surface area contributed by atoms with E-state index in [4.69, 9.17) is 0 Å². The molecule has 5 rings (SSSR count). The predicted molar refractivity (Wildman–Crippen MR) is 134 cm³/mol. The number of fused-ring (bicyclic) bond motifs is 7. The molecule has 0 heterocycles. The quantitative estimate of drug-likeness (QED) is 0.415. The number of aliphatic hydroxyl groups excluding tert-OH is 2. The average molecular weight is 459 g/mol. The SMILES string of the molecule is CC1CCC2(CO)CCC3(C)C(=CCC4C5(C)CCC(O)C(C)(C)C5CCC43C)C2C1(C)O.